The van der Waals surface area contributed by atoms with Gasteiger partial charge in [0.15, 0.2) is 5.82 Å². The second-order valence-corrected chi connectivity index (χ2v) is 7.14. The number of hydrogen-bond acceptors (Lipinski definition) is 6. The van der Waals surface area contributed by atoms with Crippen molar-refractivity contribution in [2.24, 2.45) is 0 Å². The van der Waals surface area contributed by atoms with Crippen molar-refractivity contribution in [2.45, 2.75) is 6.54 Å². The van der Waals surface area contributed by atoms with Crippen LogP contribution in [0.2, 0.25) is 0 Å². The highest BCUT2D eigenvalue weighted by Gasteiger charge is 2.34. The second kappa shape index (κ2) is 7.95. The first kappa shape index (κ1) is 19.4. The molecule has 2 aromatic heterocycles. The average Bonchev–Trinajstić information content (AvgIpc) is 2.81. The van der Waals surface area contributed by atoms with E-state index in [0.29, 0.717) is 23.7 Å². The highest BCUT2D eigenvalue weighted by atomic mass is 19.1. The van der Waals surface area contributed by atoms with Gasteiger partial charge in [-0.2, -0.15) is 9.37 Å². The van der Waals surface area contributed by atoms with Gasteiger partial charge in [0.2, 0.25) is 11.9 Å². The van der Waals surface area contributed by atoms with Crippen LogP contribution in [0.5, 0.6) is 0 Å². The largest absolute Gasteiger partial charge is 0.399 e. The minimum absolute atomic E-state index is 0.135. The number of nitrogen functional groups attached to an aromatic ring is 1. The van der Waals surface area contributed by atoms with E-state index in [4.69, 9.17) is 5.73 Å². The molecule has 4 aromatic rings. The fourth-order valence-corrected chi connectivity index (χ4v) is 3.52. The summed E-state index contributed by atoms with van der Waals surface area (Å²) in [5.74, 6) is -0.132. The SMILES string of the molecule is Nc1cccc(N2C(=O)N(c3ccccc3)Cc3cnc(Nc4cccnc4F)nc32)c1. The Labute approximate surface area is 183 Å². The van der Waals surface area contributed by atoms with Gasteiger partial charge in [-0.3, -0.25) is 4.90 Å². The molecule has 0 bridgehead atoms. The van der Waals surface area contributed by atoms with E-state index in [-0.39, 0.29) is 17.7 Å². The molecule has 1 aliphatic heterocycles. The van der Waals surface area contributed by atoms with E-state index in [1.165, 1.54) is 17.2 Å². The van der Waals surface area contributed by atoms with Crippen LogP contribution < -0.4 is 20.9 Å². The summed E-state index contributed by atoms with van der Waals surface area (Å²) >= 11 is 0. The Morgan fingerprint density at radius 3 is 2.56 bits per heavy atom. The van der Waals surface area contributed by atoms with E-state index in [2.05, 4.69) is 20.3 Å². The van der Waals surface area contributed by atoms with Gasteiger partial charge in [-0.15, -0.1) is 0 Å². The number of pyridine rings is 1. The van der Waals surface area contributed by atoms with Crippen LogP contribution in [0.1, 0.15) is 5.56 Å². The zero-order valence-corrected chi connectivity index (χ0v) is 16.8. The summed E-state index contributed by atoms with van der Waals surface area (Å²) in [6.45, 7) is 0.290. The van der Waals surface area contributed by atoms with Gasteiger partial charge in [-0.25, -0.2) is 19.7 Å². The molecule has 0 atom stereocenters. The first-order valence-electron chi connectivity index (χ1n) is 9.86. The molecule has 0 radical (unpaired) electrons. The molecule has 0 aliphatic carbocycles. The van der Waals surface area contributed by atoms with E-state index in [1.54, 1.807) is 41.4 Å². The van der Waals surface area contributed by atoms with E-state index in [1.807, 2.05) is 30.3 Å². The number of urea groups is 1. The number of benzene rings is 2. The van der Waals surface area contributed by atoms with Gasteiger partial charge in [-0.1, -0.05) is 24.3 Å². The number of nitrogens with one attached hydrogen (secondary N) is 1. The van der Waals surface area contributed by atoms with Crippen LogP contribution in [0.15, 0.2) is 79.1 Å². The molecule has 158 valence electrons. The van der Waals surface area contributed by atoms with Crippen LogP contribution in [0.25, 0.3) is 0 Å². The summed E-state index contributed by atoms with van der Waals surface area (Å²) in [7, 11) is 0. The smallest absolute Gasteiger partial charge is 0.335 e. The molecule has 3 heterocycles. The standard InChI is InChI=1S/C23H18FN7O/c24-20-19(10-5-11-26-20)28-22-27-13-15-14-30(17-7-2-1-3-8-17)23(32)31(21(15)29-22)18-9-4-6-16(25)12-18/h1-13H,14,25H2,(H,27,28,29). The predicted octanol–water partition coefficient (Wildman–Crippen LogP) is 4.61. The normalized spacial score (nSPS) is 13.1. The number of hydrogen-bond donors (Lipinski definition) is 2. The molecule has 0 spiro atoms. The Hall–Kier alpha value is -4.53. The first-order chi connectivity index (χ1) is 15.6. The Balaban J connectivity index is 1.60. The number of nitrogens with zero attached hydrogens (tertiary/aromatic N) is 5. The molecule has 5 rings (SSSR count). The molecule has 3 N–H and O–H groups in total. The quantitative estimate of drug-likeness (QED) is 0.364. The van der Waals surface area contributed by atoms with E-state index < -0.39 is 5.95 Å². The summed E-state index contributed by atoms with van der Waals surface area (Å²) in [5, 5.41) is 2.83. The van der Waals surface area contributed by atoms with E-state index in [9.17, 15) is 9.18 Å². The minimum atomic E-state index is -0.673. The Morgan fingerprint density at radius 2 is 1.78 bits per heavy atom. The maximum Gasteiger partial charge on any atom is 0.335 e. The molecule has 32 heavy (non-hydrogen) atoms. The molecule has 2 aromatic carbocycles. The number of rotatable bonds is 4. The third-order valence-electron chi connectivity index (χ3n) is 5.01. The molecule has 0 saturated heterocycles. The van der Waals surface area contributed by atoms with Crippen molar-refractivity contribution in [3.63, 3.8) is 0 Å². The number of anilines is 6. The molecule has 1 aliphatic rings. The highest BCUT2D eigenvalue weighted by Crippen LogP contribution is 2.36. The van der Waals surface area contributed by atoms with Crippen LogP contribution >= 0.6 is 0 Å². The Bertz CT molecular complexity index is 1300. The topological polar surface area (TPSA) is 100 Å². The van der Waals surface area contributed by atoms with Gasteiger partial charge in [0.25, 0.3) is 0 Å². The van der Waals surface area contributed by atoms with Crippen LogP contribution in [-0.4, -0.2) is 21.0 Å². The van der Waals surface area contributed by atoms with Crippen LogP contribution in [-0.2, 0) is 6.54 Å². The van der Waals surface area contributed by atoms with Gasteiger partial charge in [0, 0.05) is 29.3 Å². The van der Waals surface area contributed by atoms with Crippen molar-refractivity contribution in [1.82, 2.24) is 15.0 Å². The minimum Gasteiger partial charge on any atom is -0.399 e. The number of para-hydroxylation sites is 1. The van der Waals surface area contributed by atoms with E-state index in [0.717, 1.165) is 11.3 Å². The zero-order chi connectivity index (χ0) is 22.1. The average molecular weight is 427 g/mol. The van der Waals surface area contributed by atoms with Crippen molar-refractivity contribution >= 4 is 40.5 Å². The van der Waals surface area contributed by atoms with Crippen molar-refractivity contribution in [2.75, 3.05) is 20.9 Å². The van der Waals surface area contributed by atoms with Crippen LogP contribution in [0.4, 0.5) is 43.7 Å². The first-order valence-corrected chi connectivity index (χ1v) is 9.86. The van der Waals surface area contributed by atoms with Crippen molar-refractivity contribution in [3.8, 4) is 0 Å². The third kappa shape index (κ3) is 3.56. The fraction of sp³-hybridized carbons (Fsp3) is 0.0435. The maximum absolute atomic E-state index is 14.0. The molecule has 9 heteroatoms. The van der Waals surface area contributed by atoms with Crippen LogP contribution in [0, 0.1) is 5.95 Å². The van der Waals surface area contributed by atoms with E-state index >= 15 is 0 Å². The van der Waals surface area contributed by atoms with Gasteiger partial charge in [0.05, 0.1) is 17.9 Å². The molecule has 2 amide bonds. The number of carbonyl (C=O) groups is 1. The fourth-order valence-electron chi connectivity index (χ4n) is 3.52. The Morgan fingerprint density at radius 1 is 0.969 bits per heavy atom. The maximum atomic E-state index is 14.0. The summed E-state index contributed by atoms with van der Waals surface area (Å²) < 4.78 is 14.0. The monoisotopic (exact) mass is 427 g/mol. The lowest BCUT2D eigenvalue weighted by molar-refractivity contribution is 0.252. The Kier molecular flexibility index (Phi) is 4.83. The lowest BCUT2D eigenvalue weighted by Crippen LogP contribution is -2.45. The predicted molar refractivity (Wildman–Crippen MR) is 121 cm³/mol. The van der Waals surface area contributed by atoms with Gasteiger partial charge >= 0.3 is 6.03 Å². The lowest BCUT2D eigenvalue weighted by Gasteiger charge is -2.36. The highest BCUT2D eigenvalue weighted by molar-refractivity contribution is 6.10. The van der Waals surface area contributed by atoms with Crippen molar-refractivity contribution in [3.05, 3.63) is 90.6 Å². The number of nitrogens with two attached hydrogens (primary N) is 1. The molecular formula is C23H18FN7O. The summed E-state index contributed by atoms with van der Waals surface area (Å²) in [6, 6.07) is 19.2. The second-order valence-electron chi connectivity index (χ2n) is 7.14. The molecule has 0 unspecified atom stereocenters. The van der Waals surface area contributed by atoms with Crippen LogP contribution in [0.3, 0.4) is 0 Å². The number of amides is 2. The number of fused-ring (bicyclic) bond motifs is 1. The van der Waals surface area contributed by atoms with Crippen molar-refractivity contribution < 1.29 is 9.18 Å². The summed E-state index contributed by atoms with van der Waals surface area (Å²) in [6.07, 6.45) is 2.98. The summed E-state index contributed by atoms with van der Waals surface area (Å²) in [5.41, 5.74) is 8.67. The number of carbonyl (C=O) groups excluding carboxylic acids is 1. The summed E-state index contributed by atoms with van der Waals surface area (Å²) in [4.78, 5) is 29.2. The number of aromatic nitrogens is 3. The molecule has 0 fully saturated rings. The lowest BCUT2D eigenvalue weighted by atomic mass is 10.1. The van der Waals surface area contributed by atoms with Gasteiger partial charge in [-0.05, 0) is 42.5 Å². The zero-order valence-electron chi connectivity index (χ0n) is 16.8. The molecule has 8 nitrogen and oxygen atoms in total. The molecule has 0 saturated carbocycles. The third-order valence-corrected chi connectivity index (χ3v) is 5.01. The van der Waals surface area contributed by atoms with Crippen molar-refractivity contribution in [1.29, 1.82) is 0 Å². The van der Waals surface area contributed by atoms with Gasteiger partial charge in [0.1, 0.15) is 0 Å². The molecular weight excluding hydrogens is 409 g/mol. The number of halogens is 1. The van der Waals surface area contributed by atoms with Gasteiger partial charge < -0.3 is 11.1 Å².